The SMILES string of the molecule is Cc1c(C2=CCC3(CC2)OCCO3)c2ccccc2n1C. The van der Waals surface area contributed by atoms with Gasteiger partial charge in [0.2, 0.25) is 0 Å². The summed E-state index contributed by atoms with van der Waals surface area (Å²) >= 11 is 0. The van der Waals surface area contributed by atoms with Gasteiger partial charge in [-0.1, -0.05) is 24.3 Å². The molecule has 0 unspecified atom stereocenters. The van der Waals surface area contributed by atoms with E-state index in [0.29, 0.717) is 0 Å². The Balaban J connectivity index is 1.78. The molecule has 1 spiro atoms. The van der Waals surface area contributed by atoms with Crippen molar-refractivity contribution in [3.05, 3.63) is 41.6 Å². The summed E-state index contributed by atoms with van der Waals surface area (Å²) in [5, 5.41) is 1.35. The molecule has 2 aliphatic rings. The van der Waals surface area contributed by atoms with Gasteiger partial charge in [0.25, 0.3) is 0 Å². The molecule has 1 saturated heterocycles. The smallest absolute Gasteiger partial charge is 0.172 e. The average Bonchev–Trinajstić information content (AvgIpc) is 3.06. The van der Waals surface area contributed by atoms with E-state index in [1.54, 1.807) is 0 Å². The first-order valence-electron chi connectivity index (χ1n) is 7.71. The van der Waals surface area contributed by atoms with Crippen LogP contribution in [0.2, 0.25) is 0 Å². The van der Waals surface area contributed by atoms with Crippen LogP contribution >= 0.6 is 0 Å². The molecule has 0 bridgehead atoms. The second kappa shape index (κ2) is 4.72. The molecular formula is C18H21NO2. The zero-order valence-electron chi connectivity index (χ0n) is 12.7. The summed E-state index contributed by atoms with van der Waals surface area (Å²) in [7, 11) is 2.15. The lowest BCUT2D eigenvalue weighted by molar-refractivity contribution is -0.159. The number of aromatic nitrogens is 1. The summed E-state index contributed by atoms with van der Waals surface area (Å²) in [6.07, 6.45) is 5.17. The minimum Gasteiger partial charge on any atom is -0.347 e. The average molecular weight is 283 g/mol. The fourth-order valence-corrected chi connectivity index (χ4v) is 3.72. The normalized spacial score (nSPS) is 21.1. The van der Waals surface area contributed by atoms with Crippen LogP contribution in [-0.4, -0.2) is 23.6 Å². The molecule has 3 nitrogen and oxygen atoms in total. The van der Waals surface area contributed by atoms with Crippen molar-refractivity contribution in [2.75, 3.05) is 13.2 Å². The van der Waals surface area contributed by atoms with Crippen LogP contribution in [0, 0.1) is 6.92 Å². The van der Waals surface area contributed by atoms with E-state index in [1.807, 2.05) is 0 Å². The molecular weight excluding hydrogens is 262 g/mol. The van der Waals surface area contributed by atoms with Gasteiger partial charge >= 0.3 is 0 Å². The van der Waals surface area contributed by atoms with E-state index in [0.717, 1.165) is 32.5 Å². The topological polar surface area (TPSA) is 23.4 Å². The largest absolute Gasteiger partial charge is 0.347 e. The van der Waals surface area contributed by atoms with Gasteiger partial charge in [0.15, 0.2) is 5.79 Å². The number of allylic oxidation sites excluding steroid dienone is 1. The zero-order valence-corrected chi connectivity index (χ0v) is 12.7. The number of aryl methyl sites for hydroxylation is 1. The molecule has 110 valence electrons. The van der Waals surface area contributed by atoms with Crippen molar-refractivity contribution in [2.45, 2.75) is 32.0 Å². The van der Waals surface area contributed by atoms with Crippen LogP contribution in [0.3, 0.4) is 0 Å². The standard InChI is InChI=1S/C18H21NO2/c1-13-17(15-5-3-4-6-16(15)19(13)2)14-7-9-18(10-8-14)20-11-12-21-18/h3-7H,8-12H2,1-2H3. The summed E-state index contributed by atoms with van der Waals surface area (Å²) in [6, 6.07) is 8.65. The molecule has 21 heavy (non-hydrogen) atoms. The molecule has 3 heteroatoms. The number of rotatable bonds is 1. The predicted molar refractivity (Wildman–Crippen MR) is 84.1 cm³/mol. The summed E-state index contributed by atoms with van der Waals surface area (Å²) in [5.41, 5.74) is 5.49. The Labute approximate surface area is 125 Å². The molecule has 1 aromatic carbocycles. The molecule has 0 atom stereocenters. The molecule has 1 aliphatic heterocycles. The molecule has 1 aliphatic carbocycles. The Morgan fingerprint density at radius 2 is 1.90 bits per heavy atom. The lowest BCUT2D eigenvalue weighted by Crippen LogP contribution is -2.31. The van der Waals surface area contributed by atoms with Crippen molar-refractivity contribution in [2.24, 2.45) is 7.05 Å². The van der Waals surface area contributed by atoms with Gasteiger partial charge in [-0.05, 0) is 25.0 Å². The third-order valence-corrected chi connectivity index (χ3v) is 4.97. The number of fused-ring (bicyclic) bond motifs is 1. The highest BCUT2D eigenvalue weighted by molar-refractivity contribution is 5.95. The third-order valence-electron chi connectivity index (χ3n) is 4.97. The minimum atomic E-state index is -0.331. The lowest BCUT2D eigenvalue weighted by atomic mass is 9.88. The Hall–Kier alpha value is -1.58. The van der Waals surface area contributed by atoms with E-state index >= 15 is 0 Å². The molecule has 0 saturated carbocycles. The van der Waals surface area contributed by atoms with Gasteiger partial charge in [0.1, 0.15) is 0 Å². The number of ether oxygens (including phenoxy) is 2. The van der Waals surface area contributed by atoms with Gasteiger partial charge in [-0.15, -0.1) is 0 Å². The highest BCUT2D eigenvalue weighted by atomic mass is 16.7. The molecule has 2 aromatic rings. The highest BCUT2D eigenvalue weighted by Gasteiger charge is 2.38. The Morgan fingerprint density at radius 3 is 2.62 bits per heavy atom. The van der Waals surface area contributed by atoms with Crippen LogP contribution in [0.1, 0.15) is 30.5 Å². The number of benzene rings is 1. The van der Waals surface area contributed by atoms with Crippen molar-refractivity contribution >= 4 is 16.5 Å². The summed E-state index contributed by atoms with van der Waals surface area (Å²) in [5.74, 6) is -0.331. The third kappa shape index (κ3) is 1.95. The van der Waals surface area contributed by atoms with Crippen LogP contribution in [0.25, 0.3) is 16.5 Å². The van der Waals surface area contributed by atoms with Crippen LogP contribution in [0.15, 0.2) is 30.3 Å². The van der Waals surface area contributed by atoms with Gasteiger partial charge in [0.05, 0.1) is 13.2 Å². The fraction of sp³-hybridized carbons (Fsp3) is 0.444. The first-order valence-corrected chi connectivity index (χ1v) is 7.71. The van der Waals surface area contributed by atoms with E-state index in [4.69, 9.17) is 9.47 Å². The van der Waals surface area contributed by atoms with E-state index in [1.165, 1.54) is 27.7 Å². The van der Waals surface area contributed by atoms with E-state index in [2.05, 4.69) is 48.9 Å². The number of para-hydroxylation sites is 1. The first kappa shape index (κ1) is 13.1. The second-order valence-corrected chi connectivity index (χ2v) is 6.08. The number of hydrogen-bond acceptors (Lipinski definition) is 2. The maximum atomic E-state index is 5.82. The van der Waals surface area contributed by atoms with Crippen LogP contribution in [0.4, 0.5) is 0 Å². The first-order chi connectivity index (χ1) is 10.2. The predicted octanol–water partition coefficient (Wildman–Crippen LogP) is 3.80. The van der Waals surface area contributed by atoms with E-state index in [-0.39, 0.29) is 5.79 Å². The van der Waals surface area contributed by atoms with Gasteiger partial charge < -0.3 is 14.0 Å². The van der Waals surface area contributed by atoms with Crippen molar-refractivity contribution in [1.82, 2.24) is 4.57 Å². The number of nitrogens with zero attached hydrogens (tertiary/aromatic N) is 1. The van der Waals surface area contributed by atoms with Crippen LogP contribution < -0.4 is 0 Å². The van der Waals surface area contributed by atoms with Crippen LogP contribution in [-0.2, 0) is 16.5 Å². The van der Waals surface area contributed by atoms with Crippen molar-refractivity contribution < 1.29 is 9.47 Å². The van der Waals surface area contributed by atoms with Gasteiger partial charge in [-0.25, -0.2) is 0 Å². The molecule has 4 rings (SSSR count). The van der Waals surface area contributed by atoms with E-state index in [9.17, 15) is 0 Å². The Kier molecular flexibility index (Phi) is 2.95. The van der Waals surface area contributed by atoms with Crippen molar-refractivity contribution in [3.63, 3.8) is 0 Å². The number of hydrogen-bond donors (Lipinski definition) is 0. The Morgan fingerprint density at radius 1 is 1.14 bits per heavy atom. The summed E-state index contributed by atoms with van der Waals surface area (Å²) in [4.78, 5) is 0. The van der Waals surface area contributed by atoms with Gasteiger partial charge in [-0.2, -0.15) is 0 Å². The molecule has 2 heterocycles. The van der Waals surface area contributed by atoms with Crippen molar-refractivity contribution in [1.29, 1.82) is 0 Å². The molecule has 1 fully saturated rings. The molecule has 0 amide bonds. The quantitative estimate of drug-likeness (QED) is 0.794. The van der Waals surface area contributed by atoms with E-state index < -0.39 is 0 Å². The maximum absolute atomic E-state index is 5.82. The Bertz CT molecular complexity index is 720. The van der Waals surface area contributed by atoms with Crippen molar-refractivity contribution in [3.8, 4) is 0 Å². The highest BCUT2D eigenvalue weighted by Crippen LogP contribution is 2.41. The zero-order chi connectivity index (χ0) is 14.4. The molecule has 0 radical (unpaired) electrons. The maximum Gasteiger partial charge on any atom is 0.172 e. The summed E-state index contributed by atoms with van der Waals surface area (Å²) < 4.78 is 13.9. The molecule has 1 aromatic heterocycles. The van der Waals surface area contributed by atoms with Gasteiger partial charge in [-0.3, -0.25) is 0 Å². The van der Waals surface area contributed by atoms with Gasteiger partial charge in [0, 0.05) is 42.0 Å². The second-order valence-electron chi connectivity index (χ2n) is 6.08. The fourth-order valence-electron chi connectivity index (χ4n) is 3.72. The lowest BCUT2D eigenvalue weighted by Gasteiger charge is -2.30. The van der Waals surface area contributed by atoms with Crippen LogP contribution in [0.5, 0.6) is 0 Å². The summed E-state index contributed by atoms with van der Waals surface area (Å²) in [6.45, 7) is 3.68. The minimum absolute atomic E-state index is 0.331. The molecule has 0 N–H and O–H groups in total. The monoisotopic (exact) mass is 283 g/mol.